The molecule has 0 rings (SSSR count). The van der Waals surface area contributed by atoms with Crippen molar-refractivity contribution in [3.63, 3.8) is 0 Å². The van der Waals surface area contributed by atoms with Crippen molar-refractivity contribution < 1.29 is 8.42 Å². The van der Waals surface area contributed by atoms with Crippen molar-refractivity contribution in [3.05, 3.63) is 0 Å². The van der Waals surface area contributed by atoms with Crippen molar-refractivity contribution in [2.45, 2.75) is 45.7 Å². The van der Waals surface area contributed by atoms with Gasteiger partial charge in [-0.1, -0.05) is 6.92 Å². The standard InChI is InChI=1S/C9H22N4O2S/c1-6-9(4,8(10)11)12-16(14,15)13(5)7(2)3/h7,12H,6H2,1-5H3,(H3,10,11). The molecule has 0 radical (unpaired) electrons. The van der Waals surface area contributed by atoms with Crippen LogP contribution in [-0.2, 0) is 10.2 Å². The van der Waals surface area contributed by atoms with E-state index in [0.717, 1.165) is 0 Å². The fourth-order valence-electron chi connectivity index (χ4n) is 0.952. The van der Waals surface area contributed by atoms with Gasteiger partial charge in [0.1, 0.15) is 5.84 Å². The molecule has 0 aliphatic rings. The van der Waals surface area contributed by atoms with Gasteiger partial charge in [-0.05, 0) is 27.2 Å². The van der Waals surface area contributed by atoms with Gasteiger partial charge in [0.15, 0.2) is 0 Å². The van der Waals surface area contributed by atoms with Gasteiger partial charge in [0.25, 0.3) is 10.2 Å². The Morgan fingerprint density at radius 3 is 2.25 bits per heavy atom. The smallest absolute Gasteiger partial charge is 0.280 e. The number of rotatable bonds is 6. The van der Waals surface area contributed by atoms with Crippen LogP contribution < -0.4 is 10.5 Å². The van der Waals surface area contributed by atoms with E-state index in [-0.39, 0.29) is 11.9 Å². The second kappa shape index (κ2) is 5.11. The molecule has 16 heavy (non-hydrogen) atoms. The summed E-state index contributed by atoms with van der Waals surface area (Å²) in [5, 5.41) is 7.41. The lowest BCUT2D eigenvalue weighted by molar-refractivity contribution is 0.387. The first-order chi connectivity index (χ1) is 7.07. The number of amidine groups is 1. The summed E-state index contributed by atoms with van der Waals surface area (Å²) in [5.41, 5.74) is 4.38. The highest BCUT2D eigenvalue weighted by Gasteiger charge is 2.33. The predicted octanol–water partition coefficient (Wildman–Crippen LogP) is 0.266. The third-order valence-corrected chi connectivity index (χ3v) is 4.65. The summed E-state index contributed by atoms with van der Waals surface area (Å²) >= 11 is 0. The summed E-state index contributed by atoms with van der Waals surface area (Å²) < 4.78 is 27.5. The number of nitrogens with zero attached hydrogens (tertiary/aromatic N) is 1. The first-order valence-electron chi connectivity index (χ1n) is 5.18. The lowest BCUT2D eigenvalue weighted by Gasteiger charge is -2.31. The summed E-state index contributed by atoms with van der Waals surface area (Å²) in [6, 6.07) is -0.148. The van der Waals surface area contributed by atoms with Gasteiger partial charge in [0.2, 0.25) is 0 Å². The van der Waals surface area contributed by atoms with Crippen LogP contribution >= 0.6 is 0 Å². The minimum atomic E-state index is -3.61. The maximum absolute atomic E-state index is 11.9. The quantitative estimate of drug-likeness (QED) is 0.466. The van der Waals surface area contributed by atoms with E-state index >= 15 is 0 Å². The zero-order valence-corrected chi connectivity index (χ0v) is 11.4. The lowest BCUT2D eigenvalue weighted by atomic mass is 10.00. The summed E-state index contributed by atoms with van der Waals surface area (Å²) in [6.07, 6.45) is 0.424. The summed E-state index contributed by atoms with van der Waals surface area (Å²) in [7, 11) is -2.12. The van der Waals surface area contributed by atoms with Crippen molar-refractivity contribution in [2.75, 3.05) is 7.05 Å². The molecule has 0 saturated carbocycles. The van der Waals surface area contributed by atoms with Crippen LogP contribution in [0.2, 0.25) is 0 Å². The molecular weight excluding hydrogens is 228 g/mol. The molecule has 1 atom stereocenters. The van der Waals surface area contributed by atoms with Gasteiger partial charge in [0.05, 0.1) is 5.54 Å². The molecule has 0 heterocycles. The average Bonchev–Trinajstić information content (AvgIpc) is 2.15. The lowest BCUT2D eigenvalue weighted by Crippen LogP contribution is -2.58. The van der Waals surface area contributed by atoms with E-state index in [1.807, 2.05) is 0 Å². The Hall–Kier alpha value is -0.660. The molecule has 0 aromatic rings. The molecule has 4 N–H and O–H groups in total. The van der Waals surface area contributed by atoms with Gasteiger partial charge in [-0.15, -0.1) is 0 Å². The molecule has 6 nitrogen and oxygen atoms in total. The minimum Gasteiger partial charge on any atom is -0.386 e. The maximum atomic E-state index is 11.9. The zero-order valence-electron chi connectivity index (χ0n) is 10.5. The molecule has 7 heteroatoms. The van der Waals surface area contributed by atoms with Gasteiger partial charge in [-0.3, -0.25) is 5.41 Å². The van der Waals surface area contributed by atoms with E-state index in [2.05, 4.69) is 4.72 Å². The molecule has 0 aliphatic carbocycles. The summed E-state index contributed by atoms with van der Waals surface area (Å²) in [5.74, 6) is -0.185. The van der Waals surface area contributed by atoms with Crippen molar-refractivity contribution in [3.8, 4) is 0 Å². The molecule has 0 saturated heterocycles. The molecule has 0 fully saturated rings. The number of nitrogens with two attached hydrogens (primary N) is 1. The molecule has 0 amide bonds. The van der Waals surface area contributed by atoms with Crippen molar-refractivity contribution in [1.82, 2.24) is 9.03 Å². The Bertz CT molecular complexity index is 353. The van der Waals surface area contributed by atoms with Crippen LogP contribution in [0.25, 0.3) is 0 Å². The maximum Gasteiger partial charge on any atom is 0.280 e. The second-order valence-electron chi connectivity index (χ2n) is 4.32. The Morgan fingerprint density at radius 1 is 1.56 bits per heavy atom. The topological polar surface area (TPSA) is 99.3 Å². The van der Waals surface area contributed by atoms with Crippen molar-refractivity contribution in [2.24, 2.45) is 5.73 Å². The Labute approximate surface area is 97.9 Å². The normalized spacial score (nSPS) is 16.4. The predicted molar refractivity (Wildman–Crippen MR) is 65.6 cm³/mol. The molecule has 0 aromatic heterocycles. The van der Waals surface area contributed by atoms with Crippen molar-refractivity contribution >= 4 is 16.0 Å². The Kier molecular flexibility index (Phi) is 4.90. The Balaban J connectivity index is 5.04. The first-order valence-corrected chi connectivity index (χ1v) is 6.62. The van der Waals surface area contributed by atoms with Crippen LogP contribution in [0, 0.1) is 5.41 Å². The molecule has 0 aromatic carbocycles. The third-order valence-electron chi connectivity index (χ3n) is 2.76. The zero-order chi connectivity index (χ0) is 13.1. The van der Waals surface area contributed by atoms with Gasteiger partial charge < -0.3 is 5.73 Å². The van der Waals surface area contributed by atoms with Gasteiger partial charge in [-0.2, -0.15) is 17.4 Å². The van der Waals surface area contributed by atoms with Crippen LogP contribution in [0.15, 0.2) is 0 Å². The highest BCUT2D eigenvalue weighted by molar-refractivity contribution is 7.87. The monoisotopic (exact) mass is 250 g/mol. The van der Waals surface area contributed by atoms with E-state index < -0.39 is 15.7 Å². The molecule has 0 aliphatic heterocycles. The van der Waals surface area contributed by atoms with Crippen LogP contribution in [0.3, 0.4) is 0 Å². The fraction of sp³-hybridized carbons (Fsp3) is 0.889. The van der Waals surface area contributed by atoms with Gasteiger partial charge in [-0.25, -0.2) is 0 Å². The van der Waals surface area contributed by atoms with Gasteiger partial charge >= 0.3 is 0 Å². The highest BCUT2D eigenvalue weighted by atomic mass is 32.2. The van der Waals surface area contributed by atoms with E-state index in [0.29, 0.717) is 6.42 Å². The third kappa shape index (κ3) is 3.43. The highest BCUT2D eigenvalue weighted by Crippen LogP contribution is 2.12. The molecule has 96 valence electrons. The van der Waals surface area contributed by atoms with E-state index in [1.54, 1.807) is 27.7 Å². The van der Waals surface area contributed by atoms with Crippen LogP contribution in [-0.4, -0.2) is 37.2 Å². The number of nitrogens with one attached hydrogen (secondary N) is 2. The van der Waals surface area contributed by atoms with Crippen molar-refractivity contribution in [1.29, 1.82) is 5.41 Å². The first kappa shape index (κ1) is 15.3. The summed E-state index contributed by atoms with van der Waals surface area (Å²) in [6.45, 7) is 6.92. The van der Waals surface area contributed by atoms with Crippen LogP contribution in [0.5, 0.6) is 0 Å². The number of hydrogen-bond donors (Lipinski definition) is 3. The molecule has 0 spiro atoms. The minimum absolute atomic E-state index is 0.148. The molecule has 0 bridgehead atoms. The molecular formula is C9H22N4O2S. The van der Waals surface area contributed by atoms with E-state index in [9.17, 15) is 8.42 Å². The van der Waals surface area contributed by atoms with Crippen LogP contribution in [0.1, 0.15) is 34.1 Å². The number of hydrogen-bond acceptors (Lipinski definition) is 3. The van der Waals surface area contributed by atoms with E-state index in [1.165, 1.54) is 11.4 Å². The molecule has 1 unspecified atom stereocenters. The fourth-order valence-corrected chi connectivity index (χ4v) is 2.47. The SMILES string of the molecule is CCC(C)(NS(=O)(=O)N(C)C(C)C)C(=N)N. The van der Waals surface area contributed by atoms with Crippen LogP contribution in [0.4, 0.5) is 0 Å². The average molecular weight is 250 g/mol. The summed E-state index contributed by atoms with van der Waals surface area (Å²) in [4.78, 5) is 0. The second-order valence-corrected chi connectivity index (χ2v) is 6.05. The largest absolute Gasteiger partial charge is 0.386 e. The van der Waals surface area contributed by atoms with Gasteiger partial charge in [0, 0.05) is 13.1 Å². The van der Waals surface area contributed by atoms with E-state index in [4.69, 9.17) is 11.1 Å². The Morgan fingerprint density at radius 2 is 2.00 bits per heavy atom.